The van der Waals surface area contributed by atoms with Crippen LogP contribution < -0.4 is 27.0 Å². The molecule has 10 aromatic rings. The topological polar surface area (TPSA) is 274 Å². The quantitative estimate of drug-likeness (QED) is 0.0387. The van der Waals surface area contributed by atoms with E-state index >= 15 is 4.39 Å². The number of aliphatic carboxylic acids is 1. The van der Waals surface area contributed by atoms with E-state index in [-0.39, 0.29) is 65.9 Å². The third kappa shape index (κ3) is 15.6. The molecule has 2 saturated carbocycles. The van der Waals surface area contributed by atoms with Crippen molar-refractivity contribution in [3.63, 3.8) is 0 Å². The Bertz CT molecular complexity index is 4300. The van der Waals surface area contributed by atoms with Crippen molar-refractivity contribution in [2.75, 3.05) is 27.8 Å². The van der Waals surface area contributed by atoms with E-state index in [4.69, 9.17) is 34.0 Å². The zero-order valence-electron chi connectivity index (χ0n) is 47.7. The van der Waals surface area contributed by atoms with E-state index in [1.54, 1.807) is 133 Å². The molecule has 4 aromatic heterocycles. The summed E-state index contributed by atoms with van der Waals surface area (Å²) in [6.45, 7) is 0.756. The first-order valence-electron chi connectivity index (χ1n) is 28.1. The van der Waals surface area contributed by atoms with E-state index in [1.807, 2.05) is 18.2 Å². The monoisotopic (exact) mass is 1240 g/mol. The van der Waals surface area contributed by atoms with Crippen molar-refractivity contribution in [1.29, 1.82) is 0 Å². The van der Waals surface area contributed by atoms with Crippen molar-refractivity contribution in [1.82, 2.24) is 39.2 Å². The predicted molar refractivity (Wildman–Crippen MR) is 336 cm³/mol. The molecular weight excluding hydrogens is 1180 g/mol. The van der Waals surface area contributed by atoms with Crippen LogP contribution in [0.3, 0.4) is 0 Å². The Morgan fingerprint density at radius 2 is 1.15 bits per heavy atom. The molecule has 0 atom stereocenters. The molecule has 0 spiro atoms. The number of primary amides is 1. The fraction of sp³-hybridized carbons (Fsp3) is 0.185. The van der Waals surface area contributed by atoms with Crippen LogP contribution in [-0.2, 0) is 32.3 Å². The molecule has 2 fully saturated rings. The minimum Gasteiger partial charge on any atom is -0.480 e. The Hall–Kier alpha value is -10.5. The number of nitrogens with two attached hydrogens (primary N) is 1. The highest BCUT2D eigenvalue weighted by molar-refractivity contribution is 6.33. The zero-order chi connectivity index (χ0) is 62.7. The first kappa shape index (κ1) is 61.6. The number of aromatic nitrogens is 7. The maximum absolute atomic E-state index is 15.4. The summed E-state index contributed by atoms with van der Waals surface area (Å²) in [6, 6.07) is 34.0. The molecule has 0 aliphatic heterocycles. The Morgan fingerprint density at radius 3 is 1.65 bits per heavy atom. The van der Waals surface area contributed by atoms with Gasteiger partial charge in [-0.2, -0.15) is 5.10 Å². The minimum absolute atomic E-state index is 0.00496. The third-order valence-corrected chi connectivity index (χ3v) is 15.2. The smallest absolute Gasteiger partial charge is 0.323 e. The number of fused-ring (bicyclic) bond motifs is 2. The summed E-state index contributed by atoms with van der Waals surface area (Å²) in [4.78, 5) is 90.8. The number of carboxylic acid groups (broad SMARTS) is 1. The van der Waals surface area contributed by atoms with Gasteiger partial charge in [-0.15, -0.1) is 0 Å². The number of amides is 4. The van der Waals surface area contributed by atoms with Gasteiger partial charge in [0.25, 0.3) is 5.91 Å². The Labute approximate surface area is 518 Å². The summed E-state index contributed by atoms with van der Waals surface area (Å²) < 4.78 is 33.0. The molecule has 4 amide bonds. The average molecular weight is 1240 g/mol. The molecule has 20 nitrogen and oxygen atoms in total. The normalized spacial score (nSPS) is 12.4. The number of benzene rings is 6. The molecule has 2 aliphatic rings. The molecule has 24 heteroatoms. The van der Waals surface area contributed by atoms with Gasteiger partial charge in [-0.25, -0.2) is 28.7 Å². The van der Waals surface area contributed by atoms with Gasteiger partial charge in [0.1, 0.15) is 32.3 Å². The summed E-state index contributed by atoms with van der Waals surface area (Å²) in [6.07, 6.45) is 16.1. The van der Waals surface area contributed by atoms with Crippen LogP contribution in [0.5, 0.6) is 0 Å². The van der Waals surface area contributed by atoms with Gasteiger partial charge >= 0.3 is 5.97 Å². The molecule has 0 bridgehead atoms. The Kier molecular flexibility index (Phi) is 19.3. The highest BCUT2D eigenvalue weighted by Crippen LogP contribution is 2.37. The van der Waals surface area contributed by atoms with Crippen LogP contribution in [0.1, 0.15) is 66.3 Å². The maximum Gasteiger partial charge on any atom is 0.323 e. The van der Waals surface area contributed by atoms with Gasteiger partial charge in [0, 0.05) is 84.2 Å². The van der Waals surface area contributed by atoms with Gasteiger partial charge in [0.15, 0.2) is 23.1 Å². The fourth-order valence-electron chi connectivity index (χ4n) is 9.91. The number of Topliss-reactive ketones (excluding diaryl/α,β-unsaturated/α-hetero) is 1. The number of nitrogens with one attached hydrogen (secondary N) is 4. The van der Waals surface area contributed by atoms with Crippen LogP contribution in [0.2, 0.25) is 10.0 Å². The van der Waals surface area contributed by atoms with E-state index in [9.17, 15) is 33.2 Å². The molecule has 89 heavy (non-hydrogen) atoms. The van der Waals surface area contributed by atoms with Gasteiger partial charge in [0.2, 0.25) is 17.7 Å². The van der Waals surface area contributed by atoms with Crippen molar-refractivity contribution >= 4 is 115 Å². The summed E-state index contributed by atoms with van der Waals surface area (Å²) in [5.74, 6) is -3.28. The number of carbonyl (C=O) groups excluding carboxylic acids is 5. The van der Waals surface area contributed by atoms with Gasteiger partial charge in [0.05, 0.1) is 53.1 Å². The van der Waals surface area contributed by atoms with E-state index < -0.39 is 29.4 Å². The van der Waals surface area contributed by atoms with E-state index in [0.29, 0.717) is 77.8 Å². The van der Waals surface area contributed by atoms with E-state index in [1.165, 1.54) is 48.1 Å². The lowest BCUT2D eigenvalue weighted by molar-refractivity contribution is -0.137. The number of nitrogens with zero attached hydrogens (tertiary/aromatic N) is 8. The molecule has 0 saturated heterocycles. The highest BCUT2D eigenvalue weighted by Gasteiger charge is 2.35. The third-order valence-electron chi connectivity index (χ3n) is 14.5. The standard InChI is InChI=1S/C31H26ClFN8O3.C18H17ClFNO.C16H14N4O3/c32-24-6-2-1-4-21(24)22-5-3-7-25(29(22)33)38-27(42)15-40(20-9-10-20)28(43)16-41-26-11-8-18(37-19-13-35-17-36-14-19)12-23(26)30(39-41)31(34)44;19-15-6-2-1-4-13(15)14-5-3-7-16(18(14)20)21-17(22)11-10-12-8-9-12;1-10(21)14-7-20(8-16(22)23)15-3-2-11(4-13(14)15)19-12-5-17-9-18-6-12/h1-8,11-14,17,20,37H,9-10,15-16H2,(H2,34,44)(H,38,42);1-7,12H,8-11H2,(H,21,22);2-7,9,19H,8H2,1H3,(H,22,23). The lowest BCUT2D eigenvalue weighted by atomic mass is 10.0. The highest BCUT2D eigenvalue weighted by atomic mass is 35.5. The first-order chi connectivity index (χ1) is 43.0. The first-order valence-corrected chi connectivity index (χ1v) is 28.9. The van der Waals surface area contributed by atoms with E-state index in [2.05, 4.69) is 46.3 Å². The summed E-state index contributed by atoms with van der Waals surface area (Å²) >= 11 is 12.4. The number of rotatable bonds is 20. The molecular formula is C65H57Cl2F2N13O7. The molecule has 6 aromatic carbocycles. The molecule has 4 heterocycles. The average Bonchev–Trinajstić information content (AvgIpc) is 2.90. The molecule has 452 valence electrons. The second-order valence-corrected chi connectivity index (χ2v) is 21.9. The number of carbonyl (C=O) groups is 6. The molecule has 0 radical (unpaired) electrons. The Balaban J connectivity index is 0.000000163. The SMILES string of the molecule is CC(=O)c1cn(CC(=O)O)c2ccc(Nc3cncnc3)cc12.NC(=O)c1nn(CC(=O)N(CC(=O)Nc2cccc(-c3ccccc3Cl)c2F)C2CC2)c2ccc(Nc3cncnc3)cc12.O=C(CCC1CC1)Nc1cccc(-c2ccccc2Cl)c1F. The lowest BCUT2D eigenvalue weighted by Gasteiger charge is -2.22. The second-order valence-electron chi connectivity index (χ2n) is 21.1. The largest absolute Gasteiger partial charge is 0.480 e. The van der Waals surface area contributed by atoms with Crippen molar-refractivity contribution in [2.24, 2.45) is 11.7 Å². The van der Waals surface area contributed by atoms with Crippen LogP contribution >= 0.6 is 23.2 Å². The van der Waals surface area contributed by atoms with Crippen molar-refractivity contribution in [3.8, 4) is 22.3 Å². The zero-order valence-corrected chi connectivity index (χ0v) is 49.2. The fourth-order valence-corrected chi connectivity index (χ4v) is 10.4. The predicted octanol–water partition coefficient (Wildman–Crippen LogP) is 12.5. The summed E-state index contributed by atoms with van der Waals surface area (Å²) in [5, 5.41) is 26.9. The summed E-state index contributed by atoms with van der Waals surface area (Å²) in [5.41, 5.74) is 12.0. The number of halogens is 4. The molecule has 7 N–H and O–H groups in total. The number of anilines is 6. The van der Waals surface area contributed by atoms with Crippen molar-refractivity contribution in [2.45, 2.75) is 64.6 Å². The second kappa shape index (κ2) is 27.9. The maximum atomic E-state index is 15.4. The minimum atomic E-state index is -0.958. The van der Waals surface area contributed by atoms with Gasteiger partial charge in [-0.1, -0.05) is 96.7 Å². The molecule has 2 aliphatic carbocycles. The van der Waals surface area contributed by atoms with Crippen LogP contribution in [0.25, 0.3) is 44.1 Å². The number of hydrogen-bond acceptors (Lipinski definition) is 13. The van der Waals surface area contributed by atoms with Crippen LogP contribution in [-0.4, -0.2) is 92.3 Å². The number of hydrogen-bond donors (Lipinski definition) is 6. The lowest BCUT2D eigenvalue weighted by Crippen LogP contribution is -2.41. The number of ketones is 1. The van der Waals surface area contributed by atoms with Crippen molar-refractivity contribution < 1.29 is 42.7 Å². The van der Waals surface area contributed by atoms with E-state index in [0.717, 1.165) is 30.6 Å². The molecule has 0 unspecified atom stereocenters. The number of carboxylic acids is 1. The van der Waals surface area contributed by atoms with Gasteiger partial charge < -0.3 is 41.6 Å². The summed E-state index contributed by atoms with van der Waals surface area (Å²) in [7, 11) is 0. The Morgan fingerprint density at radius 1 is 0.629 bits per heavy atom. The van der Waals surface area contributed by atoms with Gasteiger partial charge in [-0.05, 0) is 92.8 Å². The van der Waals surface area contributed by atoms with Crippen LogP contribution in [0, 0.1) is 17.6 Å². The molecule has 12 rings (SSSR count). The van der Waals surface area contributed by atoms with Crippen LogP contribution in [0.15, 0.2) is 165 Å². The van der Waals surface area contributed by atoms with Crippen molar-refractivity contribution in [3.05, 3.63) is 198 Å². The van der Waals surface area contributed by atoms with Crippen LogP contribution in [0.4, 0.5) is 42.9 Å². The van der Waals surface area contributed by atoms with Gasteiger partial charge in [-0.3, -0.25) is 33.4 Å².